The minimum atomic E-state index is 0.400. The second kappa shape index (κ2) is 2.81. The summed E-state index contributed by atoms with van der Waals surface area (Å²) in [5.41, 5.74) is 1.25. The van der Waals surface area contributed by atoms with Gasteiger partial charge in [-0.3, -0.25) is 4.79 Å². The minimum absolute atomic E-state index is 0.400. The number of aromatic nitrogens is 1. The lowest BCUT2D eigenvalue weighted by atomic mass is 10.3. The number of fused-ring (bicyclic) bond motifs is 1. The predicted octanol–water partition coefficient (Wildman–Crippen LogP) is 0.698. The second-order valence-electron chi connectivity index (χ2n) is 2.48. The highest BCUT2D eigenvalue weighted by Gasteiger charge is 2.10. The van der Waals surface area contributed by atoms with Crippen molar-refractivity contribution in [1.29, 1.82) is 0 Å². The van der Waals surface area contributed by atoms with Gasteiger partial charge in [0.15, 0.2) is 6.29 Å². The molecule has 4 heteroatoms. The van der Waals surface area contributed by atoms with Crippen LogP contribution in [0, 0.1) is 0 Å². The molecule has 12 heavy (non-hydrogen) atoms. The fourth-order valence-electron chi connectivity index (χ4n) is 1.10. The Morgan fingerprint density at radius 1 is 1.58 bits per heavy atom. The van der Waals surface area contributed by atoms with Crippen LogP contribution in [0.15, 0.2) is 12.1 Å². The number of nitrogens with zero attached hydrogens (tertiary/aromatic N) is 1. The van der Waals surface area contributed by atoms with Crippen LogP contribution < -0.4 is 10.1 Å². The highest BCUT2D eigenvalue weighted by Crippen LogP contribution is 2.23. The Morgan fingerprint density at radius 3 is 3.33 bits per heavy atom. The van der Waals surface area contributed by atoms with Crippen molar-refractivity contribution in [2.24, 2.45) is 0 Å². The summed E-state index contributed by atoms with van der Waals surface area (Å²) < 4.78 is 5.23. The van der Waals surface area contributed by atoms with E-state index in [0.717, 1.165) is 12.2 Å². The maximum absolute atomic E-state index is 10.4. The molecule has 0 saturated heterocycles. The summed E-state index contributed by atoms with van der Waals surface area (Å²) in [5, 5.41) is 3.11. The van der Waals surface area contributed by atoms with Gasteiger partial charge in [0.05, 0.1) is 5.69 Å². The topological polar surface area (TPSA) is 51.2 Å². The highest BCUT2D eigenvalue weighted by molar-refractivity contribution is 5.73. The molecular weight excluding hydrogens is 156 g/mol. The molecule has 2 rings (SSSR count). The van der Waals surface area contributed by atoms with Crippen molar-refractivity contribution >= 4 is 12.0 Å². The molecule has 62 valence electrons. The van der Waals surface area contributed by atoms with Gasteiger partial charge in [0.1, 0.15) is 12.3 Å². The number of nitrogens with one attached hydrogen (secondary N) is 1. The maximum Gasteiger partial charge on any atom is 0.238 e. The summed E-state index contributed by atoms with van der Waals surface area (Å²) >= 11 is 0. The molecule has 1 aromatic heterocycles. The van der Waals surface area contributed by atoms with Gasteiger partial charge in [-0.2, -0.15) is 0 Å². The zero-order chi connectivity index (χ0) is 8.39. The molecule has 0 unspecified atom stereocenters. The van der Waals surface area contributed by atoms with E-state index in [1.165, 1.54) is 0 Å². The Kier molecular flexibility index (Phi) is 1.66. The minimum Gasteiger partial charge on any atom is -0.474 e. The number of pyridine rings is 1. The van der Waals surface area contributed by atoms with E-state index in [-0.39, 0.29) is 0 Å². The summed E-state index contributed by atoms with van der Waals surface area (Å²) in [5.74, 6) is 0.519. The summed E-state index contributed by atoms with van der Waals surface area (Å²) in [4.78, 5) is 14.3. The Labute approximate surface area is 69.6 Å². The Morgan fingerprint density at radius 2 is 2.50 bits per heavy atom. The zero-order valence-corrected chi connectivity index (χ0v) is 6.41. The molecule has 0 spiro atoms. The third kappa shape index (κ3) is 1.11. The van der Waals surface area contributed by atoms with Crippen LogP contribution >= 0.6 is 0 Å². The first-order valence-corrected chi connectivity index (χ1v) is 3.73. The van der Waals surface area contributed by atoms with Gasteiger partial charge in [0.25, 0.3) is 0 Å². The van der Waals surface area contributed by atoms with Crippen molar-refractivity contribution in [2.45, 2.75) is 0 Å². The number of aldehydes is 1. The van der Waals surface area contributed by atoms with Crippen LogP contribution in [0.4, 0.5) is 5.69 Å². The average molecular weight is 164 g/mol. The summed E-state index contributed by atoms with van der Waals surface area (Å²) in [6.45, 7) is 1.39. The van der Waals surface area contributed by atoms with Crippen LogP contribution in [0.3, 0.4) is 0 Å². The van der Waals surface area contributed by atoms with Crippen LogP contribution in [-0.2, 0) is 0 Å². The molecule has 1 aliphatic heterocycles. The lowest BCUT2D eigenvalue weighted by Crippen LogP contribution is -2.19. The standard InChI is InChI=1S/C8H8N2O2/c11-5-6-1-2-7-8(10-6)12-4-3-9-7/h1-2,5,9H,3-4H2. The Bertz CT molecular complexity index is 312. The summed E-state index contributed by atoms with van der Waals surface area (Å²) in [7, 11) is 0. The first-order valence-electron chi connectivity index (χ1n) is 3.73. The van der Waals surface area contributed by atoms with Crippen LogP contribution in [0.5, 0.6) is 5.88 Å². The zero-order valence-electron chi connectivity index (χ0n) is 6.41. The van der Waals surface area contributed by atoms with Gasteiger partial charge >= 0.3 is 0 Å². The second-order valence-corrected chi connectivity index (χ2v) is 2.48. The largest absolute Gasteiger partial charge is 0.474 e. The molecule has 1 N–H and O–H groups in total. The fourth-order valence-corrected chi connectivity index (χ4v) is 1.10. The number of hydrogen-bond donors (Lipinski definition) is 1. The fraction of sp³-hybridized carbons (Fsp3) is 0.250. The van der Waals surface area contributed by atoms with Gasteiger partial charge in [-0.1, -0.05) is 0 Å². The number of anilines is 1. The molecule has 2 heterocycles. The molecule has 0 radical (unpaired) electrons. The molecule has 0 fully saturated rings. The van der Waals surface area contributed by atoms with E-state index in [4.69, 9.17) is 4.74 Å². The van der Waals surface area contributed by atoms with E-state index in [1.54, 1.807) is 12.1 Å². The number of hydrogen-bond acceptors (Lipinski definition) is 4. The van der Waals surface area contributed by atoms with E-state index in [2.05, 4.69) is 10.3 Å². The summed E-state index contributed by atoms with van der Waals surface area (Å²) in [6, 6.07) is 3.46. The van der Waals surface area contributed by atoms with Gasteiger partial charge in [-0.15, -0.1) is 0 Å². The van der Waals surface area contributed by atoms with E-state index >= 15 is 0 Å². The molecule has 1 aromatic rings. The number of ether oxygens (including phenoxy) is 1. The van der Waals surface area contributed by atoms with Gasteiger partial charge in [-0.05, 0) is 12.1 Å². The Hall–Kier alpha value is -1.58. The van der Waals surface area contributed by atoms with Crippen LogP contribution in [0.25, 0.3) is 0 Å². The van der Waals surface area contributed by atoms with E-state index < -0.39 is 0 Å². The predicted molar refractivity (Wildman–Crippen MR) is 43.6 cm³/mol. The van der Waals surface area contributed by atoms with Crippen LogP contribution in [-0.4, -0.2) is 24.4 Å². The van der Waals surface area contributed by atoms with Crippen LogP contribution in [0.2, 0.25) is 0 Å². The third-order valence-corrected chi connectivity index (χ3v) is 1.66. The van der Waals surface area contributed by atoms with Crippen molar-refractivity contribution in [2.75, 3.05) is 18.5 Å². The van der Waals surface area contributed by atoms with Gasteiger partial charge in [-0.25, -0.2) is 4.98 Å². The quantitative estimate of drug-likeness (QED) is 0.621. The van der Waals surface area contributed by atoms with Crippen molar-refractivity contribution in [1.82, 2.24) is 4.98 Å². The molecule has 0 saturated carbocycles. The maximum atomic E-state index is 10.4. The molecule has 4 nitrogen and oxygen atoms in total. The first kappa shape index (κ1) is 7.09. The van der Waals surface area contributed by atoms with Crippen molar-refractivity contribution in [3.05, 3.63) is 17.8 Å². The molecule has 1 aliphatic rings. The molecule has 0 amide bonds. The first-order chi connectivity index (χ1) is 5.90. The number of carbonyl (C=O) groups excluding carboxylic acids is 1. The Balaban J connectivity index is 2.42. The van der Waals surface area contributed by atoms with Crippen molar-refractivity contribution in [3.63, 3.8) is 0 Å². The average Bonchev–Trinajstić information content (AvgIpc) is 2.17. The van der Waals surface area contributed by atoms with Gasteiger partial charge < -0.3 is 10.1 Å². The lowest BCUT2D eigenvalue weighted by Gasteiger charge is -2.17. The smallest absolute Gasteiger partial charge is 0.238 e. The van der Waals surface area contributed by atoms with Gasteiger partial charge in [0.2, 0.25) is 5.88 Å². The highest BCUT2D eigenvalue weighted by atomic mass is 16.5. The molecule has 0 aliphatic carbocycles. The van der Waals surface area contributed by atoms with Crippen LogP contribution in [0.1, 0.15) is 10.5 Å². The van der Waals surface area contributed by atoms with Crippen molar-refractivity contribution < 1.29 is 9.53 Å². The monoisotopic (exact) mass is 164 g/mol. The van der Waals surface area contributed by atoms with E-state index in [1.807, 2.05) is 0 Å². The molecular formula is C8H8N2O2. The molecule has 0 aromatic carbocycles. The molecule has 0 atom stereocenters. The normalized spacial score (nSPS) is 14.0. The molecule has 0 bridgehead atoms. The number of carbonyl (C=O) groups is 1. The summed E-state index contributed by atoms with van der Waals surface area (Å²) in [6.07, 6.45) is 0.707. The van der Waals surface area contributed by atoms with Gasteiger partial charge in [0, 0.05) is 6.54 Å². The number of rotatable bonds is 1. The SMILES string of the molecule is O=Cc1ccc2c(n1)OCCN2. The van der Waals surface area contributed by atoms with E-state index in [0.29, 0.717) is 24.5 Å². The lowest BCUT2D eigenvalue weighted by molar-refractivity contribution is 0.111. The van der Waals surface area contributed by atoms with Crippen molar-refractivity contribution in [3.8, 4) is 5.88 Å². The van der Waals surface area contributed by atoms with E-state index in [9.17, 15) is 4.79 Å². The third-order valence-electron chi connectivity index (χ3n) is 1.66.